The number of carboxylic acid groups (broad SMARTS) is 1. The fraction of sp³-hybridized carbons (Fsp3) is 0. The second-order valence-electron chi connectivity index (χ2n) is 3.44. The standard InChI is InChI=1S/C10H6N4O3/c15-9(16)7-8-12-13-10(17)14(8)6-4-2-1-3-5(6)11-7/h1-4H,(H,13,17)(H,15,16). The number of carboxylic acids is 1. The SMILES string of the molecule is O=C(O)c1nc2ccccc2n2c(=O)[nH]nc12. The first-order valence-electron chi connectivity index (χ1n) is 4.77. The van der Waals surface area contributed by atoms with Crippen LogP contribution >= 0.6 is 0 Å². The van der Waals surface area contributed by atoms with Crippen molar-refractivity contribution < 1.29 is 9.90 Å². The number of carbonyl (C=O) groups is 1. The third kappa shape index (κ3) is 1.22. The van der Waals surface area contributed by atoms with Crippen molar-refractivity contribution >= 4 is 22.6 Å². The van der Waals surface area contributed by atoms with E-state index in [4.69, 9.17) is 5.11 Å². The maximum Gasteiger partial charge on any atom is 0.358 e. The Morgan fingerprint density at radius 3 is 2.88 bits per heavy atom. The maximum atomic E-state index is 11.6. The zero-order valence-electron chi connectivity index (χ0n) is 8.41. The van der Waals surface area contributed by atoms with Crippen LogP contribution in [0.15, 0.2) is 29.1 Å². The number of para-hydroxylation sites is 2. The summed E-state index contributed by atoms with van der Waals surface area (Å²) >= 11 is 0. The van der Waals surface area contributed by atoms with Crippen molar-refractivity contribution in [2.24, 2.45) is 0 Å². The van der Waals surface area contributed by atoms with Crippen molar-refractivity contribution in [3.05, 3.63) is 40.4 Å². The van der Waals surface area contributed by atoms with Crippen LogP contribution in [0, 0.1) is 0 Å². The molecule has 17 heavy (non-hydrogen) atoms. The van der Waals surface area contributed by atoms with E-state index in [2.05, 4.69) is 15.2 Å². The molecule has 0 amide bonds. The van der Waals surface area contributed by atoms with Crippen molar-refractivity contribution in [3.63, 3.8) is 0 Å². The molecular weight excluding hydrogens is 224 g/mol. The van der Waals surface area contributed by atoms with Crippen LogP contribution < -0.4 is 5.69 Å². The Bertz CT molecular complexity index is 802. The third-order valence-corrected chi connectivity index (χ3v) is 2.44. The molecule has 2 heterocycles. The minimum atomic E-state index is -1.22. The summed E-state index contributed by atoms with van der Waals surface area (Å²) in [6, 6.07) is 6.78. The molecule has 0 saturated carbocycles. The average molecular weight is 230 g/mol. The smallest absolute Gasteiger partial charge is 0.358 e. The molecule has 0 aliphatic rings. The van der Waals surface area contributed by atoms with E-state index < -0.39 is 11.7 Å². The summed E-state index contributed by atoms with van der Waals surface area (Å²) in [6.07, 6.45) is 0. The van der Waals surface area contributed by atoms with Crippen LogP contribution in [0.4, 0.5) is 0 Å². The normalized spacial score (nSPS) is 11.1. The third-order valence-electron chi connectivity index (χ3n) is 2.44. The molecule has 2 aromatic heterocycles. The number of fused-ring (bicyclic) bond motifs is 3. The summed E-state index contributed by atoms with van der Waals surface area (Å²) in [7, 11) is 0. The molecule has 84 valence electrons. The van der Waals surface area contributed by atoms with Crippen molar-refractivity contribution in [2.45, 2.75) is 0 Å². The summed E-state index contributed by atoms with van der Waals surface area (Å²) in [5.74, 6) is -1.22. The Morgan fingerprint density at radius 1 is 1.35 bits per heavy atom. The molecule has 0 saturated heterocycles. The van der Waals surface area contributed by atoms with Gasteiger partial charge in [0.15, 0.2) is 11.3 Å². The van der Waals surface area contributed by atoms with Crippen LogP contribution in [0.3, 0.4) is 0 Å². The van der Waals surface area contributed by atoms with Gasteiger partial charge < -0.3 is 5.11 Å². The van der Waals surface area contributed by atoms with Gasteiger partial charge in [0, 0.05) is 0 Å². The topological polar surface area (TPSA) is 100 Å². The number of nitrogens with one attached hydrogen (secondary N) is 1. The predicted octanol–water partition coefficient (Wildman–Crippen LogP) is 0.269. The van der Waals surface area contributed by atoms with Gasteiger partial charge in [-0.1, -0.05) is 12.1 Å². The number of aromatic nitrogens is 4. The molecule has 7 heteroatoms. The Balaban J connectivity index is 2.66. The first-order valence-corrected chi connectivity index (χ1v) is 4.77. The first-order chi connectivity index (χ1) is 8.18. The van der Waals surface area contributed by atoms with Crippen molar-refractivity contribution in [1.29, 1.82) is 0 Å². The van der Waals surface area contributed by atoms with Gasteiger partial charge >= 0.3 is 11.7 Å². The summed E-state index contributed by atoms with van der Waals surface area (Å²) in [5, 5.41) is 14.9. The van der Waals surface area contributed by atoms with Crippen molar-refractivity contribution in [2.75, 3.05) is 0 Å². The molecule has 0 fully saturated rings. The van der Waals surface area contributed by atoms with E-state index in [1.54, 1.807) is 24.3 Å². The van der Waals surface area contributed by atoms with E-state index in [0.29, 0.717) is 11.0 Å². The van der Waals surface area contributed by atoms with Gasteiger partial charge in [0.25, 0.3) is 0 Å². The highest BCUT2D eigenvalue weighted by Crippen LogP contribution is 2.14. The molecule has 7 nitrogen and oxygen atoms in total. The first kappa shape index (κ1) is 9.52. The zero-order chi connectivity index (χ0) is 12.0. The molecule has 0 aliphatic carbocycles. The molecule has 3 rings (SSSR count). The van der Waals surface area contributed by atoms with Gasteiger partial charge in [-0.05, 0) is 12.1 Å². The number of aromatic carboxylic acids is 1. The van der Waals surface area contributed by atoms with Gasteiger partial charge in [-0.15, -0.1) is 5.10 Å². The maximum absolute atomic E-state index is 11.6. The molecule has 0 spiro atoms. The van der Waals surface area contributed by atoms with E-state index in [1.807, 2.05) is 0 Å². The Kier molecular flexibility index (Phi) is 1.76. The molecular formula is C10H6N4O3. The van der Waals surface area contributed by atoms with Crippen LogP contribution in [0.25, 0.3) is 16.7 Å². The van der Waals surface area contributed by atoms with Crippen LogP contribution in [-0.2, 0) is 0 Å². The van der Waals surface area contributed by atoms with E-state index in [-0.39, 0.29) is 11.3 Å². The highest BCUT2D eigenvalue weighted by molar-refractivity contribution is 5.95. The second kappa shape index (κ2) is 3.14. The molecule has 3 aromatic rings. The number of hydrogen-bond donors (Lipinski definition) is 2. The number of hydrogen-bond acceptors (Lipinski definition) is 4. The largest absolute Gasteiger partial charge is 0.476 e. The molecule has 0 atom stereocenters. The van der Waals surface area contributed by atoms with Crippen LogP contribution in [0.2, 0.25) is 0 Å². The highest BCUT2D eigenvalue weighted by atomic mass is 16.4. The Hall–Kier alpha value is -2.70. The van der Waals surface area contributed by atoms with Gasteiger partial charge in [-0.25, -0.2) is 24.1 Å². The van der Waals surface area contributed by atoms with Gasteiger partial charge in [-0.2, -0.15) is 0 Å². The number of nitrogens with zero attached hydrogens (tertiary/aromatic N) is 3. The lowest BCUT2D eigenvalue weighted by atomic mass is 10.3. The van der Waals surface area contributed by atoms with Gasteiger partial charge in [0.1, 0.15) is 0 Å². The van der Waals surface area contributed by atoms with Crippen LogP contribution in [0.1, 0.15) is 10.5 Å². The summed E-state index contributed by atoms with van der Waals surface area (Å²) in [6.45, 7) is 0. The lowest BCUT2D eigenvalue weighted by molar-refractivity contribution is 0.0692. The molecule has 0 aliphatic heterocycles. The predicted molar refractivity (Wildman–Crippen MR) is 58.1 cm³/mol. The van der Waals surface area contributed by atoms with E-state index in [1.165, 1.54) is 4.40 Å². The number of rotatable bonds is 1. The quantitative estimate of drug-likeness (QED) is 0.624. The fourth-order valence-corrected chi connectivity index (χ4v) is 1.74. The minimum Gasteiger partial charge on any atom is -0.476 e. The molecule has 0 bridgehead atoms. The van der Waals surface area contributed by atoms with Gasteiger partial charge in [-0.3, -0.25) is 0 Å². The van der Waals surface area contributed by atoms with Crippen LogP contribution in [0.5, 0.6) is 0 Å². The number of H-pyrrole nitrogens is 1. The van der Waals surface area contributed by atoms with Crippen LogP contribution in [-0.4, -0.2) is 30.7 Å². The Labute approximate surface area is 93.3 Å². The molecule has 2 N–H and O–H groups in total. The van der Waals surface area contributed by atoms with Crippen molar-refractivity contribution in [1.82, 2.24) is 19.6 Å². The van der Waals surface area contributed by atoms with Crippen molar-refractivity contribution in [3.8, 4) is 0 Å². The Morgan fingerprint density at radius 2 is 2.12 bits per heavy atom. The minimum absolute atomic E-state index is 0.0150. The molecule has 1 aromatic carbocycles. The van der Waals surface area contributed by atoms with E-state index >= 15 is 0 Å². The molecule has 0 unspecified atom stereocenters. The number of aromatic amines is 1. The lowest BCUT2D eigenvalue weighted by Gasteiger charge is -2.01. The summed E-state index contributed by atoms with van der Waals surface area (Å²) in [5.41, 5.74) is 0.233. The fourth-order valence-electron chi connectivity index (χ4n) is 1.74. The van der Waals surface area contributed by atoms with Gasteiger partial charge in [0.05, 0.1) is 11.0 Å². The second-order valence-corrected chi connectivity index (χ2v) is 3.44. The highest BCUT2D eigenvalue weighted by Gasteiger charge is 2.17. The monoisotopic (exact) mass is 230 g/mol. The summed E-state index contributed by atoms with van der Waals surface area (Å²) in [4.78, 5) is 26.6. The molecule has 0 radical (unpaired) electrons. The van der Waals surface area contributed by atoms with E-state index in [9.17, 15) is 9.59 Å². The average Bonchev–Trinajstić information content (AvgIpc) is 2.71. The lowest BCUT2D eigenvalue weighted by Crippen LogP contribution is -2.13. The summed E-state index contributed by atoms with van der Waals surface area (Å²) < 4.78 is 1.20. The number of benzene rings is 1. The zero-order valence-corrected chi connectivity index (χ0v) is 8.41. The van der Waals surface area contributed by atoms with E-state index in [0.717, 1.165) is 0 Å². The van der Waals surface area contributed by atoms with Gasteiger partial charge in [0.2, 0.25) is 0 Å².